The Labute approximate surface area is 168 Å². The minimum atomic E-state index is 0.268. The van der Waals surface area contributed by atoms with E-state index < -0.39 is 0 Å². The van der Waals surface area contributed by atoms with Gasteiger partial charge in [0.15, 0.2) is 0 Å². The van der Waals surface area contributed by atoms with Gasteiger partial charge in [0.25, 0.3) is 0 Å². The average Bonchev–Trinajstić information content (AvgIpc) is 3.25. The standard InChI is InChI=1S/C20H18Br2N4/c21-11-1-3-13-15(7-24-17(13)5-11)19-9-23-10-20(26-19)16-8-25-18-6-12(22)2-4-14(16)18/h1-8,19-20,23-26H,9-10H2/t19-,20+. The van der Waals surface area contributed by atoms with Crippen molar-refractivity contribution in [1.29, 1.82) is 0 Å². The van der Waals surface area contributed by atoms with Crippen LogP contribution in [0.4, 0.5) is 0 Å². The van der Waals surface area contributed by atoms with Gasteiger partial charge in [-0.25, -0.2) is 0 Å². The van der Waals surface area contributed by atoms with Gasteiger partial charge in [-0.15, -0.1) is 0 Å². The second kappa shape index (κ2) is 6.53. The molecular weight excluding hydrogens is 456 g/mol. The van der Waals surface area contributed by atoms with Crippen molar-refractivity contribution in [2.75, 3.05) is 13.1 Å². The normalized spacial score (nSPS) is 20.8. The maximum absolute atomic E-state index is 3.85. The highest BCUT2D eigenvalue weighted by molar-refractivity contribution is 9.10. The summed E-state index contributed by atoms with van der Waals surface area (Å²) in [6, 6.07) is 13.4. The number of rotatable bonds is 2. The van der Waals surface area contributed by atoms with Crippen LogP contribution in [0.3, 0.4) is 0 Å². The molecule has 0 radical (unpaired) electrons. The number of fused-ring (bicyclic) bond motifs is 2. The fraction of sp³-hybridized carbons (Fsp3) is 0.200. The van der Waals surface area contributed by atoms with Crippen molar-refractivity contribution < 1.29 is 0 Å². The first-order valence-corrected chi connectivity index (χ1v) is 10.3. The summed E-state index contributed by atoms with van der Waals surface area (Å²) < 4.78 is 2.19. The van der Waals surface area contributed by atoms with Crippen LogP contribution in [0.15, 0.2) is 57.7 Å². The van der Waals surface area contributed by atoms with Crippen LogP contribution in [0, 0.1) is 0 Å². The van der Waals surface area contributed by atoms with E-state index in [1.165, 1.54) is 21.9 Å². The number of hydrogen-bond acceptors (Lipinski definition) is 2. The van der Waals surface area contributed by atoms with Crippen molar-refractivity contribution in [2.45, 2.75) is 12.1 Å². The van der Waals surface area contributed by atoms with Crippen molar-refractivity contribution in [3.8, 4) is 0 Å². The smallest absolute Gasteiger partial charge is 0.0473 e. The summed E-state index contributed by atoms with van der Waals surface area (Å²) in [4.78, 5) is 6.81. The molecule has 0 amide bonds. The summed E-state index contributed by atoms with van der Waals surface area (Å²) in [6.45, 7) is 1.85. The van der Waals surface area contributed by atoms with Crippen molar-refractivity contribution >= 4 is 53.7 Å². The summed E-state index contributed by atoms with van der Waals surface area (Å²) in [5, 5.41) is 10.00. The van der Waals surface area contributed by atoms with E-state index in [0.717, 1.165) is 33.1 Å². The summed E-state index contributed by atoms with van der Waals surface area (Å²) in [6.07, 6.45) is 4.26. The van der Waals surface area contributed by atoms with E-state index in [9.17, 15) is 0 Å². The largest absolute Gasteiger partial charge is 0.361 e. The minimum absolute atomic E-state index is 0.268. The minimum Gasteiger partial charge on any atom is -0.361 e. The van der Waals surface area contributed by atoms with Crippen LogP contribution in [0.2, 0.25) is 0 Å². The Bertz CT molecular complexity index is 1010. The lowest BCUT2D eigenvalue weighted by Crippen LogP contribution is -2.45. The molecular formula is C20H18Br2N4. The number of benzene rings is 2. The Hall–Kier alpha value is -1.60. The van der Waals surface area contributed by atoms with E-state index in [1.807, 2.05) is 0 Å². The lowest BCUT2D eigenvalue weighted by Gasteiger charge is -2.32. The average molecular weight is 474 g/mol. The van der Waals surface area contributed by atoms with Gasteiger partial charge < -0.3 is 20.6 Å². The molecule has 6 heteroatoms. The van der Waals surface area contributed by atoms with Crippen molar-refractivity contribution in [3.63, 3.8) is 0 Å². The molecule has 2 aromatic heterocycles. The van der Waals surface area contributed by atoms with Gasteiger partial charge in [0.2, 0.25) is 0 Å². The predicted molar refractivity (Wildman–Crippen MR) is 113 cm³/mol. The van der Waals surface area contributed by atoms with Crippen LogP contribution in [0.25, 0.3) is 21.8 Å². The maximum atomic E-state index is 3.85. The number of hydrogen-bond donors (Lipinski definition) is 4. The van der Waals surface area contributed by atoms with E-state index in [1.54, 1.807) is 0 Å². The van der Waals surface area contributed by atoms with Crippen LogP contribution in [0.5, 0.6) is 0 Å². The molecule has 0 aliphatic carbocycles. The molecule has 26 heavy (non-hydrogen) atoms. The highest BCUT2D eigenvalue weighted by atomic mass is 79.9. The highest BCUT2D eigenvalue weighted by Gasteiger charge is 2.26. The first-order chi connectivity index (χ1) is 12.7. The monoisotopic (exact) mass is 472 g/mol. The molecule has 5 rings (SSSR count). The van der Waals surface area contributed by atoms with E-state index >= 15 is 0 Å². The van der Waals surface area contributed by atoms with Crippen LogP contribution in [-0.2, 0) is 0 Å². The number of aromatic nitrogens is 2. The molecule has 4 N–H and O–H groups in total. The van der Waals surface area contributed by atoms with Gasteiger partial charge in [0, 0.05) is 68.3 Å². The number of aromatic amines is 2. The summed E-state index contributed by atoms with van der Waals surface area (Å²) in [5.74, 6) is 0. The van der Waals surface area contributed by atoms with Gasteiger partial charge in [-0.1, -0.05) is 44.0 Å². The van der Waals surface area contributed by atoms with Crippen LogP contribution < -0.4 is 10.6 Å². The van der Waals surface area contributed by atoms with Crippen LogP contribution in [0.1, 0.15) is 23.2 Å². The van der Waals surface area contributed by atoms with Crippen molar-refractivity contribution in [2.24, 2.45) is 0 Å². The van der Waals surface area contributed by atoms with Gasteiger partial charge in [-0.2, -0.15) is 0 Å². The first kappa shape index (κ1) is 16.6. The van der Waals surface area contributed by atoms with Gasteiger partial charge in [0.05, 0.1) is 0 Å². The molecule has 0 spiro atoms. The van der Waals surface area contributed by atoms with Crippen LogP contribution in [-0.4, -0.2) is 23.1 Å². The zero-order chi connectivity index (χ0) is 17.7. The molecule has 1 aliphatic rings. The van der Waals surface area contributed by atoms with Crippen molar-refractivity contribution in [3.05, 3.63) is 68.9 Å². The highest BCUT2D eigenvalue weighted by Crippen LogP contribution is 2.32. The zero-order valence-electron chi connectivity index (χ0n) is 13.9. The first-order valence-electron chi connectivity index (χ1n) is 8.69. The number of piperazine rings is 1. The molecule has 0 bridgehead atoms. The Morgan fingerprint density at radius 2 is 1.23 bits per heavy atom. The SMILES string of the molecule is Brc1ccc2c([C@@H]3CNC[C@H](c4c[nH]c5cc(Br)ccc45)N3)c[nH]c2c1. The predicted octanol–water partition coefficient (Wildman–Crippen LogP) is 5.15. The molecule has 132 valence electrons. The molecule has 2 atom stereocenters. The number of H-pyrrole nitrogens is 2. The molecule has 1 saturated heterocycles. The third-order valence-corrected chi connectivity index (χ3v) is 6.19. The Morgan fingerprint density at radius 1 is 0.731 bits per heavy atom. The summed E-state index contributed by atoms with van der Waals surface area (Å²) >= 11 is 7.09. The third kappa shape index (κ3) is 2.81. The third-order valence-electron chi connectivity index (χ3n) is 5.20. The number of nitrogens with one attached hydrogen (secondary N) is 4. The van der Waals surface area contributed by atoms with E-state index in [-0.39, 0.29) is 12.1 Å². The quantitative estimate of drug-likeness (QED) is 0.325. The fourth-order valence-electron chi connectivity index (χ4n) is 3.95. The molecule has 4 nitrogen and oxygen atoms in total. The Kier molecular flexibility index (Phi) is 4.16. The van der Waals surface area contributed by atoms with Crippen LogP contribution >= 0.6 is 31.9 Å². The molecule has 1 aliphatic heterocycles. The van der Waals surface area contributed by atoms with E-state index in [0.29, 0.717) is 0 Å². The van der Waals surface area contributed by atoms with Gasteiger partial charge in [-0.3, -0.25) is 0 Å². The van der Waals surface area contributed by atoms with E-state index in [4.69, 9.17) is 0 Å². The summed E-state index contributed by atoms with van der Waals surface area (Å²) in [5.41, 5.74) is 4.95. The second-order valence-electron chi connectivity index (χ2n) is 6.80. The molecule has 2 aromatic carbocycles. The number of halogens is 2. The fourth-order valence-corrected chi connectivity index (χ4v) is 4.67. The van der Waals surface area contributed by atoms with Gasteiger partial charge in [0.1, 0.15) is 0 Å². The summed E-state index contributed by atoms with van der Waals surface area (Å²) in [7, 11) is 0. The topological polar surface area (TPSA) is 55.6 Å². The molecule has 0 saturated carbocycles. The molecule has 0 unspecified atom stereocenters. The molecule has 4 aromatic rings. The maximum Gasteiger partial charge on any atom is 0.0473 e. The zero-order valence-corrected chi connectivity index (χ0v) is 17.1. The Morgan fingerprint density at radius 3 is 1.73 bits per heavy atom. The Balaban J connectivity index is 1.49. The van der Waals surface area contributed by atoms with E-state index in [2.05, 4.69) is 101 Å². The van der Waals surface area contributed by atoms with Gasteiger partial charge >= 0.3 is 0 Å². The second-order valence-corrected chi connectivity index (χ2v) is 8.63. The lowest BCUT2D eigenvalue weighted by molar-refractivity contribution is 0.352. The van der Waals surface area contributed by atoms with Crippen molar-refractivity contribution in [1.82, 2.24) is 20.6 Å². The molecule has 1 fully saturated rings. The van der Waals surface area contributed by atoms with Gasteiger partial charge in [-0.05, 0) is 35.4 Å². The molecule has 3 heterocycles. The lowest BCUT2D eigenvalue weighted by atomic mass is 9.98.